The Morgan fingerprint density at radius 2 is 0.875 bits per heavy atom. The van der Waals surface area contributed by atoms with Gasteiger partial charge in [0.25, 0.3) is 0 Å². The zero-order valence-corrected chi connectivity index (χ0v) is 20.1. The molecule has 1 nitrogen and oxygen atoms in total. The van der Waals surface area contributed by atoms with Crippen molar-refractivity contribution in [3.05, 3.63) is 83.9 Å². The van der Waals surface area contributed by atoms with Crippen molar-refractivity contribution < 1.29 is 0 Å². The molecular formula is C31H45N. The van der Waals surface area contributed by atoms with Crippen LogP contribution in [-0.4, -0.2) is 6.54 Å². The summed E-state index contributed by atoms with van der Waals surface area (Å²) in [5.74, 6) is 0.495. The van der Waals surface area contributed by atoms with E-state index in [4.69, 9.17) is 5.73 Å². The average molecular weight is 432 g/mol. The smallest absolute Gasteiger partial charge is 0.00468 e. The molecule has 0 fully saturated rings. The van der Waals surface area contributed by atoms with E-state index >= 15 is 0 Å². The molecule has 2 aromatic rings. The summed E-state index contributed by atoms with van der Waals surface area (Å²) in [7, 11) is 0. The van der Waals surface area contributed by atoms with Crippen LogP contribution < -0.4 is 5.73 Å². The van der Waals surface area contributed by atoms with Crippen LogP contribution in [0.25, 0.3) is 12.2 Å². The van der Waals surface area contributed by atoms with Crippen molar-refractivity contribution in [2.45, 2.75) is 83.5 Å². The Morgan fingerprint density at radius 3 is 1.28 bits per heavy atom. The van der Waals surface area contributed by atoms with Gasteiger partial charge in [0.15, 0.2) is 0 Å². The van der Waals surface area contributed by atoms with E-state index in [-0.39, 0.29) is 0 Å². The SMILES string of the molecule is NCCCCCCCCCCCCCCC(C=Cc1ccccc1)C=Cc1ccccc1. The van der Waals surface area contributed by atoms with Crippen molar-refractivity contribution >= 4 is 12.2 Å². The topological polar surface area (TPSA) is 26.0 Å². The summed E-state index contributed by atoms with van der Waals surface area (Å²) in [4.78, 5) is 0. The van der Waals surface area contributed by atoms with Crippen LogP contribution in [0.15, 0.2) is 72.8 Å². The maximum absolute atomic E-state index is 5.55. The fourth-order valence-electron chi connectivity index (χ4n) is 4.15. The third kappa shape index (κ3) is 13.3. The van der Waals surface area contributed by atoms with Crippen molar-refractivity contribution in [1.29, 1.82) is 0 Å². The first kappa shape index (κ1) is 26.1. The molecule has 1 heteroatoms. The Labute approximate surface area is 197 Å². The molecule has 0 aliphatic rings. The van der Waals surface area contributed by atoms with Gasteiger partial charge in [0.1, 0.15) is 0 Å². The zero-order chi connectivity index (χ0) is 22.5. The third-order valence-electron chi connectivity index (χ3n) is 6.16. The van der Waals surface area contributed by atoms with Gasteiger partial charge in [0.05, 0.1) is 0 Å². The molecule has 0 unspecified atom stereocenters. The Balaban J connectivity index is 1.62. The molecule has 0 radical (unpaired) electrons. The summed E-state index contributed by atoms with van der Waals surface area (Å²) in [6, 6.07) is 21.3. The second-order valence-electron chi connectivity index (χ2n) is 9.02. The lowest BCUT2D eigenvalue weighted by Gasteiger charge is -2.09. The second kappa shape index (κ2) is 18.5. The van der Waals surface area contributed by atoms with Gasteiger partial charge < -0.3 is 5.73 Å². The van der Waals surface area contributed by atoms with E-state index in [1.54, 1.807) is 0 Å². The van der Waals surface area contributed by atoms with E-state index in [1.165, 1.54) is 94.6 Å². The van der Waals surface area contributed by atoms with Gasteiger partial charge >= 0.3 is 0 Å². The summed E-state index contributed by atoms with van der Waals surface area (Å²) < 4.78 is 0. The molecule has 32 heavy (non-hydrogen) atoms. The maximum Gasteiger partial charge on any atom is -0.00468 e. The number of nitrogens with two attached hydrogens (primary N) is 1. The summed E-state index contributed by atoms with van der Waals surface area (Å²) in [6.45, 7) is 0.855. The molecule has 0 aliphatic heterocycles. The van der Waals surface area contributed by atoms with E-state index in [1.807, 2.05) is 0 Å². The monoisotopic (exact) mass is 431 g/mol. The van der Waals surface area contributed by atoms with Gasteiger partial charge in [-0.15, -0.1) is 0 Å². The van der Waals surface area contributed by atoms with Gasteiger partial charge in [-0.3, -0.25) is 0 Å². The van der Waals surface area contributed by atoms with Gasteiger partial charge in [-0.25, -0.2) is 0 Å². The minimum Gasteiger partial charge on any atom is -0.330 e. The molecule has 0 spiro atoms. The number of hydrogen-bond donors (Lipinski definition) is 1. The van der Waals surface area contributed by atoms with Crippen molar-refractivity contribution in [3.8, 4) is 0 Å². The number of unbranched alkanes of at least 4 members (excludes halogenated alkanes) is 11. The average Bonchev–Trinajstić information content (AvgIpc) is 2.84. The van der Waals surface area contributed by atoms with Crippen molar-refractivity contribution in [1.82, 2.24) is 0 Å². The van der Waals surface area contributed by atoms with Crippen LogP contribution in [0.2, 0.25) is 0 Å². The van der Waals surface area contributed by atoms with Crippen molar-refractivity contribution in [3.63, 3.8) is 0 Å². The lowest BCUT2D eigenvalue weighted by molar-refractivity contribution is 0.530. The fraction of sp³-hybridized carbons (Fsp3) is 0.484. The summed E-state index contributed by atoms with van der Waals surface area (Å²) in [6.07, 6.45) is 26.9. The largest absolute Gasteiger partial charge is 0.330 e. The van der Waals surface area contributed by atoms with E-state index in [0.717, 1.165) is 6.54 Å². The van der Waals surface area contributed by atoms with Crippen LogP contribution >= 0.6 is 0 Å². The molecule has 0 heterocycles. The third-order valence-corrected chi connectivity index (χ3v) is 6.16. The molecule has 0 aromatic heterocycles. The second-order valence-corrected chi connectivity index (χ2v) is 9.02. The molecule has 0 amide bonds. The highest BCUT2D eigenvalue weighted by molar-refractivity contribution is 5.52. The first-order valence-corrected chi connectivity index (χ1v) is 13.0. The lowest BCUT2D eigenvalue weighted by Crippen LogP contribution is -1.97. The predicted octanol–water partition coefficient (Wildman–Crippen LogP) is 9.06. The fourth-order valence-corrected chi connectivity index (χ4v) is 4.15. The van der Waals surface area contributed by atoms with Crippen LogP contribution in [0.5, 0.6) is 0 Å². The van der Waals surface area contributed by atoms with Crippen LogP contribution in [0.3, 0.4) is 0 Å². The van der Waals surface area contributed by atoms with Crippen LogP contribution in [0.1, 0.15) is 94.6 Å². The standard InChI is InChI=1S/C31H45N/c32-28-18-10-8-6-4-2-1-3-5-7-9-13-23-31(26-24-29-19-14-11-15-20-29)27-25-30-21-16-12-17-22-30/h11-12,14-17,19-22,24-27,31H,1-10,13,18,23,28,32H2. The van der Waals surface area contributed by atoms with E-state index in [2.05, 4.69) is 85.0 Å². The maximum atomic E-state index is 5.55. The van der Waals surface area contributed by atoms with Gasteiger partial charge in [-0.2, -0.15) is 0 Å². The molecule has 0 saturated heterocycles. The van der Waals surface area contributed by atoms with E-state index in [0.29, 0.717) is 5.92 Å². The van der Waals surface area contributed by atoms with Crippen LogP contribution in [0, 0.1) is 5.92 Å². The molecule has 2 N–H and O–H groups in total. The Kier molecular flexibility index (Phi) is 15.1. The molecule has 174 valence electrons. The Bertz CT molecular complexity index is 667. The van der Waals surface area contributed by atoms with E-state index < -0.39 is 0 Å². The molecule has 2 aromatic carbocycles. The molecule has 0 atom stereocenters. The highest BCUT2D eigenvalue weighted by Crippen LogP contribution is 2.18. The number of benzene rings is 2. The van der Waals surface area contributed by atoms with Crippen LogP contribution in [-0.2, 0) is 0 Å². The zero-order valence-electron chi connectivity index (χ0n) is 20.1. The molecule has 0 saturated carbocycles. The normalized spacial score (nSPS) is 12.7. The summed E-state index contributed by atoms with van der Waals surface area (Å²) in [5, 5.41) is 0. The number of hydrogen-bond acceptors (Lipinski definition) is 1. The van der Waals surface area contributed by atoms with Gasteiger partial charge in [0, 0.05) is 0 Å². The highest BCUT2D eigenvalue weighted by Gasteiger charge is 2.01. The van der Waals surface area contributed by atoms with Crippen molar-refractivity contribution in [2.24, 2.45) is 11.7 Å². The Hall–Kier alpha value is -2.12. The van der Waals surface area contributed by atoms with Crippen LogP contribution in [0.4, 0.5) is 0 Å². The summed E-state index contributed by atoms with van der Waals surface area (Å²) >= 11 is 0. The molecule has 0 aliphatic carbocycles. The lowest BCUT2D eigenvalue weighted by atomic mass is 9.97. The number of rotatable bonds is 18. The van der Waals surface area contributed by atoms with Crippen molar-refractivity contribution in [2.75, 3.05) is 6.54 Å². The number of allylic oxidation sites excluding steroid dienone is 2. The van der Waals surface area contributed by atoms with Gasteiger partial charge in [-0.1, -0.05) is 156 Å². The van der Waals surface area contributed by atoms with Gasteiger partial charge in [0.2, 0.25) is 0 Å². The summed E-state index contributed by atoms with van der Waals surface area (Å²) in [5.41, 5.74) is 8.11. The molecule has 0 bridgehead atoms. The molecule has 2 rings (SSSR count). The van der Waals surface area contributed by atoms with E-state index in [9.17, 15) is 0 Å². The first-order valence-electron chi connectivity index (χ1n) is 13.0. The van der Waals surface area contributed by atoms with Gasteiger partial charge in [-0.05, 0) is 36.4 Å². The first-order chi connectivity index (χ1) is 15.9. The predicted molar refractivity (Wildman–Crippen MR) is 144 cm³/mol. The minimum atomic E-state index is 0.495. The Morgan fingerprint density at radius 1 is 0.500 bits per heavy atom. The molecular weight excluding hydrogens is 386 g/mol. The minimum absolute atomic E-state index is 0.495. The highest BCUT2D eigenvalue weighted by atomic mass is 14.5. The quantitative estimate of drug-likeness (QED) is 0.234.